The van der Waals surface area contributed by atoms with Gasteiger partial charge in [-0.1, -0.05) is 11.6 Å². The molecule has 0 saturated heterocycles. The first kappa shape index (κ1) is 16.4. The number of H-pyrrole nitrogens is 1. The number of carbonyl (C=O) groups excluding carboxylic acids is 1. The van der Waals surface area contributed by atoms with Crippen LogP contribution in [0.25, 0.3) is 11.3 Å². The van der Waals surface area contributed by atoms with Gasteiger partial charge in [0.2, 0.25) is 5.82 Å². The van der Waals surface area contributed by atoms with Crippen molar-refractivity contribution in [2.24, 2.45) is 5.10 Å². The molecule has 2 heterocycles. The number of amides is 1. The number of rotatable bonds is 5. The number of carboxylic acid groups (broad SMARTS) is 1. The maximum Gasteiger partial charge on any atom is 0.337 e. The van der Waals surface area contributed by atoms with E-state index in [2.05, 4.69) is 25.7 Å². The van der Waals surface area contributed by atoms with Crippen LogP contribution in [0.2, 0.25) is 5.02 Å². The maximum atomic E-state index is 11.6. The second kappa shape index (κ2) is 6.97. The molecule has 1 amide bonds. The predicted molar refractivity (Wildman–Crippen MR) is 87.6 cm³/mol. The zero-order chi connectivity index (χ0) is 17.8. The minimum absolute atomic E-state index is 0.0231. The summed E-state index contributed by atoms with van der Waals surface area (Å²) in [6.45, 7) is 0. The number of hydrogen-bond acceptors (Lipinski definition) is 6. The zero-order valence-corrected chi connectivity index (χ0v) is 13.2. The lowest BCUT2D eigenvalue weighted by Crippen LogP contribution is -2.19. The van der Waals surface area contributed by atoms with Gasteiger partial charge in [0.15, 0.2) is 0 Å². The molecule has 126 valence electrons. The molecule has 2 aromatic heterocycles. The van der Waals surface area contributed by atoms with E-state index in [0.29, 0.717) is 17.1 Å². The Labute approximate surface area is 145 Å². The third-order valence-electron chi connectivity index (χ3n) is 3.10. The zero-order valence-electron chi connectivity index (χ0n) is 12.4. The summed E-state index contributed by atoms with van der Waals surface area (Å²) in [5.74, 6) is -0.860. The maximum absolute atomic E-state index is 11.6. The van der Waals surface area contributed by atoms with Crippen LogP contribution in [0, 0.1) is 0 Å². The molecule has 0 aliphatic carbocycles. The lowest BCUT2D eigenvalue weighted by molar-refractivity contribution is 0.0697. The number of aromatic carboxylic acids is 1. The third-order valence-corrected chi connectivity index (χ3v) is 3.43. The number of benzene rings is 1. The summed E-state index contributed by atoms with van der Waals surface area (Å²) in [6, 6.07) is 7.80. The number of nitrogens with zero attached hydrogens (tertiary/aromatic N) is 3. The average molecular weight is 360 g/mol. The molecular formula is C15H10ClN5O4. The highest BCUT2D eigenvalue weighted by Crippen LogP contribution is 2.26. The number of furan rings is 1. The first-order valence-corrected chi connectivity index (χ1v) is 7.24. The molecular weight excluding hydrogens is 350 g/mol. The Kier molecular flexibility index (Phi) is 4.57. The smallest absolute Gasteiger partial charge is 0.337 e. The van der Waals surface area contributed by atoms with Crippen molar-refractivity contribution in [3.8, 4) is 11.3 Å². The van der Waals surface area contributed by atoms with Gasteiger partial charge >= 0.3 is 11.9 Å². The number of hydrogen-bond donors (Lipinski definition) is 3. The van der Waals surface area contributed by atoms with Crippen molar-refractivity contribution in [3.63, 3.8) is 0 Å². The van der Waals surface area contributed by atoms with Crippen LogP contribution in [0.4, 0.5) is 0 Å². The molecule has 25 heavy (non-hydrogen) atoms. The van der Waals surface area contributed by atoms with Gasteiger partial charge < -0.3 is 9.52 Å². The summed E-state index contributed by atoms with van der Waals surface area (Å²) in [4.78, 5) is 26.4. The molecule has 1 aromatic carbocycles. The number of carboxylic acids is 1. The summed E-state index contributed by atoms with van der Waals surface area (Å²) in [5.41, 5.74) is 2.78. The molecule has 0 spiro atoms. The van der Waals surface area contributed by atoms with Crippen molar-refractivity contribution in [2.45, 2.75) is 0 Å². The highest BCUT2D eigenvalue weighted by molar-refractivity contribution is 6.33. The quantitative estimate of drug-likeness (QED) is 0.472. The molecule has 3 N–H and O–H groups in total. The lowest BCUT2D eigenvalue weighted by atomic mass is 10.1. The summed E-state index contributed by atoms with van der Waals surface area (Å²) in [6.07, 6.45) is 2.50. The summed E-state index contributed by atoms with van der Waals surface area (Å²) in [5, 5.41) is 18.9. The van der Waals surface area contributed by atoms with E-state index >= 15 is 0 Å². The van der Waals surface area contributed by atoms with Crippen molar-refractivity contribution in [1.29, 1.82) is 0 Å². The molecule has 0 saturated carbocycles. The highest BCUT2D eigenvalue weighted by atomic mass is 35.5. The van der Waals surface area contributed by atoms with E-state index in [4.69, 9.17) is 21.1 Å². The molecule has 9 nitrogen and oxygen atoms in total. The molecule has 0 aliphatic rings. The van der Waals surface area contributed by atoms with E-state index in [1.165, 1.54) is 24.7 Å². The number of nitrogens with one attached hydrogen (secondary N) is 2. The average Bonchev–Trinajstić information content (AvgIpc) is 3.27. The lowest BCUT2D eigenvalue weighted by Gasteiger charge is -2.01. The van der Waals surface area contributed by atoms with E-state index in [-0.39, 0.29) is 16.4 Å². The van der Waals surface area contributed by atoms with Gasteiger partial charge in [0, 0.05) is 5.56 Å². The SMILES string of the molecule is O=C(NN=Cc1ccc(-c2ccc(Cl)c(C(=O)O)c2)o1)c1ncn[nH]1. The third kappa shape index (κ3) is 3.72. The molecule has 3 aromatic rings. The van der Waals surface area contributed by atoms with Gasteiger partial charge in [-0.2, -0.15) is 10.2 Å². The summed E-state index contributed by atoms with van der Waals surface area (Å²) < 4.78 is 5.54. The fraction of sp³-hybridized carbons (Fsp3) is 0. The highest BCUT2D eigenvalue weighted by Gasteiger charge is 2.12. The van der Waals surface area contributed by atoms with E-state index in [1.807, 2.05) is 0 Å². The van der Waals surface area contributed by atoms with Gasteiger partial charge in [-0.15, -0.1) is 0 Å². The second-order valence-corrected chi connectivity index (χ2v) is 5.14. The van der Waals surface area contributed by atoms with Crippen LogP contribution >= 0.6 is 11.6 Å². The Morgan fingerprint density at radius 3 is 2.88 bits per heavy atom. The fourth-order valence-electron chi connectivity index (χ4n) is 1.94. The number of halogens is 1. The van der Waals surface area contributed by atoms with Gasteiger partial charge in [0.1, 0.15) is 17.8 Å². The predicted octanol–water partition coefficient (Wildman–Crippen LogP) is 2.18. The minimum atomic E-state index is -1.13. The van der Waals surface area contributed by atoms with Crippen molar-refractivity contribution in [1.82, 2.24) is 20.6 Å². The second-order valence-electron chi connectivity index (χ2n) is 4.73. The largest absolute Gasteiger partial charge is 0.478 e. The van der Waals surface area contributed by atoms with Crippen LogP contribution in [-0.4, -0.2) is 38.4 Å². The van der Waals surface area contributed by atoms with Crippen LogP contribution in [0.5, 0.6) is 0 Å². The van der Waals surface area contributed by atoms with Gasteiger partial charge in [0.05, 0.1) is 16.8 Å². The molecule has 0 unspecified atom stereocenters. The Morgan fingerprint density at radius 1 is 1.32 bits per heavy atom. The minimum Gasteiger partial charge on any atom is -0.478 e. The Balaban J connectivity index is 1.72. The monoisotopic (exact) mass is 359 g/mol. The topological polar surface area (TPSA) is 133 Å². The van der Waals surface area contributed by atoms with Crippen LogP contribution in [0.1, 0.15) is 26.7 Å². The first-order valence-electron chi connectivity index (χ1n) is 6.86. The van der Waals surface area contributed by atoms with E-state index in [0.717, 1.165) is 0 Å². The summed E-state index contributed by atoms with van der Waals surface area (Å²) >= 11 is 5.84. The Morgan fingerprint density at radius 2 is 2.16 bits per heavy atom. The normalized spacial score (nSPS) is 10.9. The van der Waals surface area contributed by atoms with E-state index in [1.54, 1.807) is 18.2 Å². The standard InChI is InChI=1S/C15H10ClN5O4/c16-11-3-1-8(5-10(11)15(23)24)12-4-2-9(25-12)6-18-21-14(22)13-17-7-19-20-13/h1-7H,(H,21,22)(H,23,24)(H,17,19,20). The molecule has 0 bridgehead atoms. The molecule has 0 aliphatic heterocycles. The Hall–Kier alpha value is -3.46. The van der Waals surface area contributed by atoms with Crippen LogP contribution < -0.4 is 5.43 Å². The number of aromatic nitrogens is 3. The van der Waals surface area contributed by atoms with Gasteiger partial charge in [-0.05, 0) is 30.3 Å². The number of aromatic amines is 1. The first-order chi connectivity index (χ1) is 12.0. The molecule has 3 rings (SSSR count). The molecule has 0 atom stereocenters. The van der Waals surface area contributed by atoms with Crippen molar-refractivity contribution in [2.75, 3.05) is 0 Å². The molecule has 10 heteroatoms. The van der Waals surface area contributed by atoms with Crippen LogP contribution in [0.3, 0.4) is 0 Å². The van der Waals surface area contributed by atoms with Crippen molar-refractivity contribution >= 4 is 29.7 Å². The van der Waals surface area contributed by atoms with Crippen LogP contribution in [0.15, 0.2) is 46.2 Å². The number of carbonyl (C=O) groups is 2. The summed E-state index contributed by atoms with van der Waals surface area (Å²) in [7, 11) is 0. The van der Waals surface area contributed by atoms with Crippen molar-refractivity contribution in [3.05, 3.63) is 58.8 Å². The van der Waals surface area contributed by atoms with Gasteiger partial charge in [-0.25, -0.2) is 15.2 Å². The fourth-order valence-corrected chi connectivity index (χ4v) is 2.14. The van der Waals surface area contributed by atoms with Crippen LogP contribution in [-0.2, 0) is 0 Å². The molecule has 0 radical (unpaired) electrons. The van der Waals surface area contributed by atoms with Gasteiger partial charge in [0.25, 0.3) is 0 Å². The van der Waals surface area contributed by atoms with E-state index < -0.39 is 11.9 Å². The van der Waals surface area contributed by atoms with Gasteiger partial charge in [-0.3, -0.25) is 9.89 Å². The number of hydrazone groups is 1. The Bertz CT molecular complexity index is 949. The van der Waals surface area contributed by atoms with E-state index in [9.17, 15) is 9.59 Å². The molecule has 0 fully saturated rings. The van der Waals surface area contributed by atoms with Crippen molar-refractivity contribution < 1.29 is 19.1 Å².